The second kappa shape index (κ2) is 5.89. The number of amides is 2. The molecule has 4 rings (SSSR count). The molecule has 3 aromatic rings. The van der Waals surface area contributed by atoms with Crippen LogP contribution in [0.15, 0.2) is 53.0 Å². The van der Waals surface area contributed by atoms with Crippen LogP contribution in [-0.2, 0) is 0 Å². The fourth-order valence-corrected chi connectivity index (χ4v) is 3.87. The molecule has 0 saturated heterocycles. The predicted octanol–water partition coefficient (Wildman–Crippen LogP) is 4.96. The minimum Gasteiger partial charge on any atom is -0.268 e. The van der Waals surface area contributed by atoms with Crippen LogP contribution in [0.2, 0.25) is 5.02 Å². The lowest BCUT2D eigenvalue weighted by Gasteiger charge is -2.27. The molecule has 1 aliphatic heterocycles. The van der Waals surface area contributed by atoms with Gasteiger partial charge >= 0.3 is 0 Å². The topological polar surface area (TPSA) is 80.5 Å². The fourth-order valence-electron chi connectivity index (χ4n) is 3.10. The number of carbonyl (C=O) groups is 2. The first-order valence-corrected chi connectivity index (χ1v) is 8.61. The Kier molecular flexibility index (Phi) is 3.78. The maximum atomic E-state index is 13.0. The van der Waals surface area contributed by atoms with Crippen molar-refractivity contribution in [3.05, 3.63) is 79.3 Å². The SMILES string of the molecule is O=C1c2cccc3c(Br)c([N+](=O)[O-])cc(c23)C(=O)N1c1cccc(Cl)c1. The third-order valence-electron chi connectivity index (χ3n) is 4.21. The quantitative estimate of drug-likeness (QED) is 0.326. The fraction of sp³-hybridized carbons (Fsp3) is 0. The van der Waals surface area contributed by atoms with E-state index in [4.69, 9.17) is 11.6 Å². The van der Waals surface area contributed by atoms with Crippen LogP contribution in [0.4, 0.5) is 11.4 Å². The highest BCUT2D eigenvalue weighted by Gasteiger charge is 2.36. The number of imide groups is 1. The van der Waals surface area contributed by atoms with Gasteiger partial charge in [-0.25, -0.2) is 4.90 Å². The number of halogens is 2. The summed E-state index contributed by atoms with van der Waals surface area (Å²) >= 11 is 9.20. The van der Waals surface area contributed by atoms with E-state index in [1.807, 2.05) is 0 Å². The van der Waals surface area contributed by atoms with Gasteiger partial charge in [-0.05, 0) is 40.2 Å². The second-order valence-electron chi connectivity index (χ2n) is 5.67. The van der Waals surface area contributed by atoms with Gasteiger partial charge in [0.2, 0.25) is 0 Å². The van der Waals surface area contributed by atoms with E-state index in [2.05, 4.69) is 15.9 Å². The number of nitro benzene ring substituents is 1. The van der Waals surface area contributed by atoms with Gasteiger partial charge in [0.1, 0.15) is 4.47 Å². The normalized spacial score (nSPS) is 13.4. The first-order chi connectivity index (χ1) is 12.4. The van der Waals surface area contributed by atoms with Crippen molar-refractivity contribution in [2.24, 2.45) is 0 Å². The largest absolute Gasteiger partial charge is 0.284 e. The van der Waals surface area contributed by atoms with Crippen LogP contribution in [0, 0.1) is 10.1 Å². The molecule has 0 fully saturated rings. The maximum Gasteiger partial charge on any atom is 0.284 e. The van der Waals surface area contributed by atoms with Crippen molar-refractivity contribution in [2.75, 3.05) is 4.90 Å². The minimum atomic E-state index is -0.628. The number of hydrogen-bond acceptors (Lipinski definition) is 4. The van der Waals surface area contributed by atoms with Crippen LogP contribution in [0.25, 0.3) is 10.8 Å². The lowest BCUT2D eigenvalue weighted by molar-refractivity contribution is -0.385. The van der Waals surface area contributed by atoms with E-state index in [1.54, 1.807) is 36.4 Å². The summed E-state index contributed by atoms with van der Waals surface area (Å²) in [5.41, 5.74) is 0.469. The number of nitro groups is 1. The monoisotopic (exact) mass is 430 g/mol. The average Bonchev–Trinajstić information content (AvgIpc) is 2.60. The molecule has 0 radical (unpaired) electrons. The summed E-state index contributed by atoms with van der Waals surface area (Å²) in [4.78, 5) is 37.8. The van der Waals surface area contributed by atoms with E-state index in [0.29, 0.717) is 27.0 Å². The predicted molar refractivity (Wildman–Crippen MR) is 101 cm³/mol. The van der Waals surface area contributed by atoms with E-state index in [9.17, 15) is 19.7 Å². The lowest BCUT2D eigenvalue weighted by atomic mass is 9.93. The molecule has 0 aliphatic carbocycles. The van der Waals surface area contributed by atoms with E-state index in [0.717, 1.165) is 4.90 Å². The molecule has 8 heteroatoms. The van der Waals surface area contributed by atoms with E-state index >= 15 is 0 Å². The highest BCUT2D eigenvalue weighted by atomic mass is 79.9. The van der Waals surface area contributed by atoms with Gasteiger partial charge < -0.3 is 0 Å². The first-order valence-electron chi connectivity index (χ1n) is 7.44. The summed E-state index contributed by atoms with van der Waals surface area (Å²) in [5.74, 6) is -1.13. The molecule has 0 spiro atoms. The van der Waals surface area contributed by atoms with Gasteiger partial charge in [0.25, 0.3) is 17.5 Å². The summed E-state index contributed by atoms with van der Waals surface area (Å²) in [6.07, 6.45) is 0. The lowest BCUT2D eigenvalue weighted by Crippen LogP contribution is -2.40. The molecule has 26 heavy (non-hydrogen) atoms. The van der Waals surface area contributed by atoms with Crippen LogP contribution in [0.3, 0.4) is 0 Å². The third kappa shape index (κ3) is 2.32. The molecular formula is C18H8BrClN2O4. The number of nitrogens with zero attached hydrogens (tertiary/aromatic N) is 2. The van der Waals surface area contributed by atoms with Gasteiger partial charge in [-0.2, -0.15) is 0 Å². The summed E-state index contributed by atoms with van der Waals surface area (Å²) in [5, 5.41) is 12.6. The zero-order valence-electron chi connectivity index (χ0n) is 12.9. The zero-order chi connectivity index (χ0) is 18.6. The highest BCUT2D eigenvalue weighted by molar-refractivity contribution is 9.10. The Hall–Kier alpha value is -2.77. The number of benzene rings is 3. The van der Waals surface area contributed by atoms with Gasteiger partial charge in [0.05, 0.1) is 16.2 Å². The van der Waals surface area contributed by atoms with Gasteiger partial charge in [0, 0.05) is 27.4 Å². The van der Waals surface area contributed by atoms with Crippen LogP contribution >= 0.6 is 27.5 Å². The highest BCUT2D eigenvalue weighted by Crippen LogP contribution is 2.40. The molecule has 0 aromatic heterocycles. The summed E-state index contributed by atoms with van der Waals surface area (Å²) in [7, 11) is 0. The molecule has 6 nitrogen and oxygen atoms in total. The van der Waals surface area contributed by atoms with E-state index in [-0.39, 0.29) is 15.7 Å². The molecule has 0 bridgehead atoms. The van der Waals surface area contributed by atoms with Crippen molar-refractivity contribution in [1.82, 2.24) is 0 Å². The second-order valence-corrected chi connectivity index (χ2v) is 6.90. The standard InChI is InChI=1S/C18H8BrClN2O4/c19-16-11-5-2-6-12-15(11)13(8-14(16)22(25)26)18(24)21(17(12)23)10-4-1-3-9(20)7-10/h1-8H. The van der Waals surface area contributed by atoms with Crippen molar-refractivity contribution < 1.29 is 14.5 Å². The molecule has 1 aliphatic rings. The van der Waals surface area contributed by atoms with Crippen LogP contribution in [0.1, 0.15) is 20.7 Å². The zero-order valence-corrected chi connectivity index (χ0v) is 15.2. The number of hydrogen-bond donors (Lipinski definition) is 0. The van der Waals surface area contributed by atoms with Crippen LogP contribution in [-0.4, -0.2) is 16.7 Å². The average molecular weight is 432 g/mol. The Bertz CT molecular complexity index is 1150. The molecular weight excluding hydrogens is 424 g/mol. The molecule has 0 atom stereocenters. The Labute approximate surface area is 160 Å². The number of rotatable bonds is 2. The molecule has 0 unspecified atom stereocenters. The number of carbonyl (C=O) groups excluding carboxylic acids is 2. The van der Waals surface area contributed by atoms with Crippen molar-refractivity contribution in [3.63, 3.8) is 0 Å². The van der Waals surface area contributed by atoms with Crippen molar-refractivity contribution in [3.8, 4) is 0 Å². The first kappa shape index (κ1) is 16.7. The maximum absolute atomic E-state index is 13.0. The van der Waals surface area contributed by atoms with E-state index < -0.39 is 16.7 Å². The minimum absolute atomic E-state index is 0.102. The molecule has 3 aromatic carbocycles. The van der Waals surface area contributed by atoms with Gasteiger partial charge in [-0.3, -0.25) is 19.7 Å². The molecule has 0 saturated carbocycles. The number of anilines is 1. The van der Waals surface area contributed by atoms with Gasteiger partial charge in [-0.15, -0.1) is 0 Å². The molecule has 128 valence electrons. The Balaban J connectivity index is 2.05. The Morgan fingerprint density at radius 3 is 2.38 bits per heavy atom. The van der Waals surface area contributed by atoms with Crippen LogP contribution in [0.5, 0.6) is 0 Å². The van der Waals surface area contributed by atoms with Crippen molar-refractivity contribution in [1.29, 1.82) is 0 Å². The van der Waals surface area contributed by atoms with Crippen molar-refractivity contribution in [2.45, 2.75) is 0 Å². The Morgan fingerprint density at radius 1 is 1.00 bits per heavy atom. The van der Waals surface area contributed by atoms with Gasteiger partial charge in [0.15, 0.2) is 0 Å². The van der Waals surface area contributed by atoms with Crippen LogP contribution < -0.4 is 4.90 Å². The van der Waals surface area contributed by atoms with Crippen molar-refractivity contribution >= 4 is 61.5 Å². The summed E-state index contributed by atoms with van der Waals surface area (Å²) in [6.45, 7) is 0. The smallest absolute Gasteiger partial charge is 0.268 e. The molecule has 2 amide bonds. The van der Waals surface area contributed by atoms with E-state index in [1.165, 1.54) is 12.1 Å². The Morgan fingerprint density at radius 2 is 1.69 bits per heavy atom. The van der Waals surface area contributed by atoms with Gasteiger partial charge in [-0.1, -0.05) is 29.8 Å². The summed E-state index contributed by atoms with van der Waals surface area (Å²) < 4.78 is 0.236. The molecule has 1 heterocycles. The summed E-state index contributed by atoms with van der Waals surface area (Å²) in [6, 6.07) is 12.4. The third-order valence-corrected chi connectivity index (χ3v) is 5.27. The molecule has 0 N–H and O–H groups in total.